The van der Waals surface area contributed by atoms with Crippen LogP contribution in [0.3, 0.4) is 0 Å². The molecule has 0 aliphatic heterocycles. The van der Waals surface area contributed by atoms with Gasteiger partial charge in [0.1, 0.15) is 0 Å². The molecule has 0 atom stereocenters. The molecular formula is C13H21N3O. The van der Waals surface area contributed by atoms with Crippen LogP contribution in [0.1, 0.15) is 31.9 Å². The first-order chi connectivity index (χ1) is 8.33. The maximum atomic E-state index is 11.4. The zero-order chi connectivity index (χ0) is 12.3. The summed E-state index contributed by atoms with van der Waals surface area (Å²) >= 11 is 0. The van der Waals surface area contributed by atoms with Crippen molar-refractivity contribution in [2.24, 2.45) is 0 Å². The number of aromatic nitrogens is 1. The number of pyridine rings is 1. The summed E-state index contributed by atoms with van der Waals surface area (Å²) < 4.78 is 0. The van der Waals surface area contributed by atoms with Crippen molar-refractivity contribution in [2.45, 2.75) is 32.7 Å². The van der Waals surface area contributed by atoms with Gasteiger partial charge in [-0.25, -0.2) is 0 Å². The van der Waals surface area contributed by atoms with Gasteiger partial charge in [0.15, 0.2) is 0 Å². The molecule has 4 heteroatoms. The highest BCUT2D eigenvalue weighted by Crippen LogP contribution is 1.92. The number of amides is 1. The number of carbonyl (C=O) groups is 1. The van der Waals surface area contributed by atoms with Crippen LogP contribution in [0.2, 0.25) is 0 Å². The second-order valence-corrected chi connectivity index (χ2v) is 3.95. The van der Waals surface area contributed by atoms with E-state index in [-0.39, 0.29) is 5.91 Å². The number of hydrogen-bond acceptors (Lipinski definition) is 3. The van der Waals surface area contributed by atoms with E-state index >= 15 is 0 Å². The molecule has 0 unspecified atom stereocenters. The van der Waals surface area contributed by atoms with Gasteiger partial charge in [0.2, 0.25) is 5.91 Å². The van der Waals surface area contributed by atoms with E-state index in [0.717, 1.165) is 25.1 Å². The van der Waals surface area contributed by atoms with E-state index in [1.54, 1.807) is 6.20 Å². The molecule has 17 heavy (non-hydrogen) atoms. The van der Waals surface area contributed by atoms with Crippen LogP contribution in [0.4, 0.5) is 0 Å². The molecule has 0 aliphatic rings. The number of hydrogen-bond donors (Lipinski definition) is 2. The average molecular weight is 235 g/mol. The molecule has 1 amide bonds. The fourth-order valence-electron chi connectivity index (χ4n) is 1.41. The Balaban J connectivity index is 2.02. The maximum absolute atomic E-state index is 11.4. The molecule has 1 aromatic heterocycles. The minimum absolute atomic E-state index is 0.118. The van der Waals surface area contributed by atoms with Gasteiger partial charge in [0, 0.05) is 32.3 Å². The second kappa shape index (κ2) is 8.70. The van der Waals surface area contributed by atoms with E-state index in [2.05, 4.69) is 22.5 Å². The smallest absolute Gasteiger partial charge is 0.221 e. The fraction of sp³-hybridized carbons (Fsp3) is 0.538. The summed E-state index contributed by atoms with van der Waals surface area (Å²) in [6.45, 7) is 4.30. The number of nitrogens with one attached hydrogen (secondary N) is 2. The number of carbonyl (C=O) groups excluding carboxylic acids is 1. The highest BCUT2D eigenvalue weighted by Gasteiger charge is 1.99. The van der Waals surface area contributed by atoms with Gasteiger partial charge in [-0.1, -0.05) is 19.4 Å². The zero-order valence-electron chi connectivity index (χ0n) is 10.4. The van der Waals surface area contributed by atoms with Crippen molar-refractivity contribution in [2.75, 3.05) is 13.1 Å². The molecule has 0 saturated heterocycles. The summed E-state index contributed by atoms with van der Waals surface area (Å²) in [6, 6.07) is 5.82. The largest absolute Gasteiger partial charge is 0.356 e. The Morgan fingerprint density at radius 2 is 2.24 bits per heavy atom. The lowest BCUT2D eigenvalue weighted by Gasteiger charge is -2.05. The van der Waals surface area contributed by atoms with Gasteiger partial charge >= 0.3 is 0 Å². The first-order valence-electron chi connectivity index (χ1n) is 6.20. The Morgan fingerprint density at radius 3 is 2.94 bits per heavy atom. The molecule has 0 fully saturated rings. The normalized spacial score (nSPS) is 10.2. The van der Waals surface area contributed by atoms with E-state index in [9.17, 15) is 4.79 Å². The topological polar surface area (TPSA) is 54.0 Å². The van der Waals surface area contributed by atoms with Gasteiger partial charge in [0.25, 0.3) is 0 Å². The predicted molar refractivity (Wildman–Crippen MR) is 68.5 cm³/mol. The van der Waals surface area contributed by atoms with Crippen LogP contribution in [0.25, 0.3) is 0 Å². The molecule has 2 N–H and O–H groups in total. The molecule has 94 valence electrons. The van der Waals surface area contributed by atoms with E-state index < -0.39 is 0 Å². The predicted octanol–water partition coefficient (Wildman–Crippen LogP) is 1.48. The Bertz CT molecular complexity index is 314. The summed E-state index contributed by atoms with van der Waals surface area (Å²) in [4.78, 5) is 15.6. The van der Waals surface area contributed by atoms with Gasteiger partial charge in [-0.3, -0.25) is 9.78 Å². The summed E-state index contributed by atoms with van der Waals surface area (Å²) in [6.07, 6.45) is 4.45. The molecule has 0 spiro atoms. The monoisotopic (exact) mass is 235 g/mol. The van der Waals surface area contributed by atoms with Gasteiger partial charge in [-0.2, -0.15) is 0 Å². The third-order valence-electron chi connectivity index (χ3n) is 2.41. The Labute approximate surface area is 103 Å². The highest BCUT2D eigenvalue weighted by molar-refractivity contribution is 5.75. The van der Waals surface area contributed by atoms with Crippen molar-refractivity contribution < 1.29 is 4.79 Å². The van der Waals surface area contributed by atoms with Gasteiger partial charge in [-0.15, -0.1) is 0 Å². The third kappa shape index (κ3) is 6.68. The molecule has 0 aromatic carbocycles. The average Bonchev–Trinajstić information content (AvgIpc) is 2.36. The lowest BCUT2D eigenvalue weighted by Crippen LogP contribution is -2.28. The molecule has 1 rings (SSSR count). The van der Waals surface area contributed by atoms with E-state index in [0.29, 0.717) is 19.5 Å². The second-order valence-electron chi connectivity index (χ2n) is 3.95. The van der Waals surface area contributed by atoms with Crippen molar-refractivity contribution in [3.05, 3.63) is 30.1 Å². The fourth-order valence-corrected chi connectivity index (χ4v) is 1.41. The van der Waals surface area contributed by atoms with Crippen molar-refractivity contribution in [1.82, 2.24) is 15.6 Å². The van der Waals surface area contributed by atoms with Crippen LogP contribution >= 0.6 is 0 Å². The molecule has 1 heterocycles. The standard InChI is InChI=1S/C13H21N3O/c1-2-3-8-16-13(17)7-10-14-11-12-6-4-5-9-15-12/h4-6,9,14H,2-3,7-8,10-11H2,1H3,(H,16,17). The molecule has 0 radical (unpaired) electrons. The van der Waals surface area contributed by atoms with Crippen molar-refractivity contribution in [3.63, 3.8) is 0 Å². The van der Waals surface area contributed by atoms with E-state index in [1.807, 2.05) is 18.2 Å². The molecular weight excluding hydrogens is 214 g/mol. The van der Waals surface area contributed by atoms with Crippen molar-refractivity contribution in [3.8, 4) is 0 Å². The van der Waals surface area contributed by atoms with Crippen LogP contribution in [0.15, 0.2) is 24.4 Å². The molecule has 1 aromatic rings. The van der Waals surface area contributed by atoms with E-state index in [4.69, 9.17) is 0 Å². The first-order valence-corrected chi connectivity index (χ1v) is 6.20. The van der Waals surface area contributed by atoms with Crippen LogP contribution in [0, 0.1) is 0 Å². The summed E-state index contributed by atoms with van der Waals surface area (Å²) in [5.41, 5.74) is 0.999. The molecule has 4 nitrogen and oxygen atoms in total. The lowest BCUT2D eigenvalue weighted by molar-refractivity contribution is -0.121. The highest BCUT2D eigenvalue weighted by atomic mass is 16.1. The zero-order valence-corrected chi connectivity index (χ0v) is 10.4. The van der Waals surface area contributed by atoms with Crippen molar-refractivity contribution in [1.29, 1.82) is 0 Å². The van der Waals surface area contributed by atoms with E-state index in [1.165, 1.54) is 0 Å². The maximum Gasteiger partial charge on any atom is 0.221 e. The first kappa shape index (κ1) is 13.6. The minimum Gasteiger partial charge on any atom is -0.356 e. The third-order valence-corrected chi connectivity index (χ3v) is 2.41. The molecule has 0 saturated carbocycles. The van der Waals surface area contributed by atoms with Gasteiger partial charge in [0.05, 0.1) is 5.69 Å². The van der Waals surface area contributed by atoms with Crippen molar-refractivity contribution >= 4 is 5.91 Å². The number of rotatable bonds is 8. The summed E-state index contributed by atoms with van der Waals surface area (Å²) in [7, 11) is 0. The molecule has 0 bridgehead atoms. The Morgan fingerprint density at radius 1 is 1.35 bits per heavy atom. The quantitative estimate of drug-likeness (QED) is 0.671. The lowest BCUT2D eigenvalue weighted by atomic mass is 10.3. The van der Waals surface area contributed by atoms with Crippen LogP contribution in [0.5, 0.6) is 0 Å². The SMILES string of the molecule is CCCCNC(=O)CCNCc1ccccn1. The molecule has 0 aliphatic carbocycles. The van der Waals surface area contributed by atoms with Gasteiger partial charge < -0.3 is 10.6 Å². The number of nitrogens with zero attached hydrogens (tertiary/aromatic N) is 1. The summed E-state index contributed by atoms with van der Waals surface area (Å²) in [5, 5.41) is 6.09. The number of unbranched alkanes of at least 4 members (excludes halogenated alkanes) is 1. The Hall–Kier alpha value is -1.42. The van der Waals surface area contributed by atoms with Crippen LogP contribution < -0.4 is 10.6 Å². The minimum atomic E-state index is 0.118. The Kier molecular flexibility index (Phi) is 6.98. The van der Waals surface area contributed by atoms with Crippen LogP contribution in [-0.2, 0) is 11.3 Å². The summed E-state index contributed by atoms with van der Waals surface area (Å²) in [5.74, 6) is 0.118. The van der Waals surface area contributed by atoms with Crippen LogP contribution in [-0.4, -0.2) is 24.0 Å². The van der Waals surface area contributed by atoms with Gasteiger partial charge in [-0.05, 0) is 18.6 Å².